The van der Waals surface area contributed by atoms with Crippen LogP contribution in [0.25, 0.3) is 0 Å². The second-order valence-electron chi connectivity index (χ2n) is 2.97. The Morgan fingerprint density at radius 3 is 3.00 bits per heavy atom. The smallest absolute Gasteiger partial charge is 0.139 e. The molecule has 2 nitrogen and oxygen atoms in total. The SMILES string of the molecule is C=C1C=CN(CCC)C1=N/C=C\C. The van der Waals surface area contributed by atoms with Crippen molar-refractivity contribution in [1.29, 1.82) is 0 Å². The lowest BCUT2D eigenvalue weighted by atomic mass is 10.3. The van der Waals surface area contributed by atoms with Gasteiger partial charge in [-0.1, -0.05) is 19.6 Å². The van der Waals surface area contributed by atoms with Gasteiger partial charge in [-0.3, -0.25) is 0 Å². The van der Waals surface area contributed by atoms with Crippen LogP contribution < -0.4 is 0 Å². The summed E-state index contributed by atoms with van der Waals surface area (Å²) in [5.74, 6) is 0.972. The number of amidine groups is 1. The largest absolute Gasteiger partial charge is 0.333 e. The van der Waals surface area contributed by atoms with E-state index >= 15 is 0 Å². The lowest BCUT2D eigenvalue weighted by Gasteiger charge is -2.15. The molecule has 1 rings (SSSR count). The van der Waals surface area contributed by atoms with Crippen LogP contribution >= 0.6 is 0 Å². The predicted molar refractivity (Wildman–Crippen MR) is 57.5 cm³/mol. The van der Waals surface area contributed by atoms with Crippen molar-refractivity contribution >= 4 is 5.84 Å². The summed E-state index contributed by atoms with van der Waals surface area (Å²) in [6.07, 6.45) is 8.87. The molecule has 0 atom stereocenters. The highest BCUT2D eigenvalue weighted by Gasteiger charge is 2.14. The first-order valence-corrected chi connectivity index (χ1v) is 4.62. The van der Waals surface area contributed by atoms with Gasteiger partial charge in [-0.25, -0.2) is 4.99 Å². The molecule has 70 valence electrons. The quantitative estimate of drug-likeness (QED) is 0.645. The minimum Gasteiger partial charge on any atom is -0.333 e. The van der Waals surface area contributed by atoms with E-state index in [1.807, 2.05) is 25.3 Å². The Morgan fingerprint density at radius 1 is 1.62 bits per heavy atom. The molecule has 0 N–H and O–H groups in total. The highest BCUT2D eigenvalue weighted by Crippen LogP contribution is 2.13. The summed E-state index contributed by atoms with van der Waals surface area (Å²) in [4.78, 5) is 6.45. The van der Waals surface area contributed by atoms with Crippen molar-refractivity contribution in [2.45, 2.75) is 20.3 Å². The molecule has 0 saturated heterocycles. The zero-order valence-electron chi connectivity index (χ0n) is 8.33. The fraction of sp³-hybridized carbons (Fsp3) is 0.364. The van der Waals surface area contributed by atoms with Gasteiger partial charge in [-0.15, -0.1) is 0 Å². The molecule has 0 aliphatic carbocycles. The maximum atomic E-state index is 4.32. The van der Waals surface area contributed by atoms with Crippen LogP contribution in [0.1, 0.15) is 20.3 Å². The third-order valence-electron chi connectivity index (χ3n) is 1.83. The van der Waals surface area contributed by atoms with Crippen molar-refractivity contribution in [2.75, 3.05) is 6.54 Å². The Balaban J connectivity index is 2.75. The molecule has 0 bridgehead atoms. The van der Waals surface area contributed by atoms with E-state index in [-0.39, 0.29) is 0 Å². The van der Waals surface area contributed by atoms with E-state index in [1.165, 1.54) is 0 Å². The van der Waals surface area contributed by atoms with Crippen molar-refractivity contribution in [1.82, 2.24) is 4.90 Å². The molecule has 0 amide bonds. The van der Waals surface area contributed by atoms with Gasteiger partial charge in [-0.2, -0.15) is 0 Å². The van der Waals surface area contributed by atoms with E-state index in [1.54, 1.807) is 6.20 Å². The predicted octanol–water partition coefficient (Wildman–Crippen LogP) is 2.71. The van der Waals surface area contributed by atoms with Crippen LogP contribution in [-0.2, 0) is 0 Å². The molecule has 0 aromatic rings. The maximum Gasteiger partial charge on any atom is 0.139 e. The van der Waals surface area contributed by atoms with E-state index in [4.69, 9.17) is 0 Å². The molecule has 0 aromatic carbocycles. The summed E-state index contributed by atoms with van der Waals surface area (Å²) >= 11 is 0. The van der Waals surface area contributed by atoms with Crippen molar-refractivity contribution in [3.63, 3.8) is 0 Å². The fourth-order valence-electron chi connectivity index (χ4n) is 1.23. The minimum atomic E-state index is 0.972. The molecule has 0 radical (unpaired) electrons. The van der Waals surface area contributed by atoms with Crippen molar-refractivity contribution < 1.29 is 0 Å². The van der Waals surface area contributed by atoms with Gasteiger partial charge < -0.3 is 4.90 Å². The van der Waals surface area contributed by atoms with E-state index in [2.05, 4.69) is 23.4 Å². The maximum absolute atomic E-state index is 4.32. The van der Waals surface area contributed by atoms with Gasteiger partial charge >= 0.3 is 0 Å². The average Bonchev–Trinajstić information content (AvgIpc) is 2.45. The lowest BCUT2D eigenvalue weighted by molar-refractivity contribution is 0.559. The Hall–Kier alpha value is -1.31. The van der Waals surface area contributed by atoms with Gasteiger partial charge in [0.15, 0.2) is 0 Å². The zero-order valence-corrected chi connectivity index (χ0v) is 8.33. The van der Waals surface area contributed by atoms with Crippen LogP contribution in [0.15, 0.2) is 41.7 Å². The highest BCUT2D eigenvalue weighted by atomic mass is 15.2. The topological polar surface area (TPSA) is 15.6 Å². The summed E-state index contributed by atoms with van der Waals surface area (Å²) < 4.78 is 0. The monoisotopic (exact) mass is 176 g/mol. The molecule has 1 aliphatic heterocycles. The molecule has 0 saturated carbocycles. The molecular formula is C11H16N2. The van der Waals surface area contributed by atoms with Gasteiger partial charge in [0.05, 0.1) is 0 Å². The molecule has 0 fully saturated rings. The van der Waals surface area contributed by atoms with E-state index in [0.29, 0.717) is 0 Å². The second kappa shape index (κ2) is 4.65. The Kier molecular flexibility index (Phi) is 3.50. The van der Waals surface area contributed by atoms with Gasteiger partial charge in [-0.05, 0) is 19.4 Å². The zero-order chi connectivity index (χ0) is 9.68. The van der Waals surface area contributed by atoms with Crippen LogP contribution in [0.5, 0.6) is 0 Å². The molecule has 1 heterocycles. The first-order chi connectivity index (χ1) is 6.29. The molecular weight excluding hydrogens is 160 g/mol. The first kappa shape index (κ1) is 9.78. The van der Waals surface area contributed by atoms with Crippen LogP contribution in [0.3, 0.4) is 0 Å². The summed E-state index contributed by atoms with van der Waals surface area (Å²) in [5, 5.41) is 0. The Morgan fingerprint density at radius 2 is 2.38 bits per heavy atom. The average molecular weight is 176 g/mol. The van der Waals surface area contributed by atoms with E-state index in [0.717, 1.165) is 24.4 Å². The normalized spacial score (nSPS) is 19.7. The molecule has 0 aromatic heterocycles. The molecule has 1 aliphatic rings. The highest BCUT2D eigenvalue weighted by molar-refractivity contribution is 6.03. The number of allylic oxidation sites excluding steroid dienone is 1. The minimum absolute atomic E-state index is 0.972. The number of nitrogens with zero attached hydrogens (tertiary/aromatic N) is 2. The van der Waals surface area contributed by atoms with Gasteiger partial charge in [0, 0.05) is 24.5 Å². The Labute approximate surface area is 80.0 Å². The van der Waals surface area contributed by atoms with Crippen molar-refractivity contribution in [3.05, 3.63) is 36.7 Å². The van der Waals surface area contributed by atoms with Crippen LogP contribution in [0.2, 0.25) is 0 Å². The summed E-state index contributed by atoms with van der Waals surface area (Å²) in [7, 11) is 0. The second-order valence-corrected chi connectivity index (χ2v) is 2.97. The van der Waals surface area contributed by atoms with Crippen LogP contribution in [0, 0.1) is 0 Å². The van der Waals surface area contributed by atoms with E-state index in [9.17, 15) is 0 Å². The molecule has 0 unspecified atom stereocenters. The fourth-order valence-corrected chi connectivity index (χ4v) is 1.23. The lowest BCUT2D eigenvalue weighted by Crippen LogP contribution is -2.22. The van der Waals surface area contributed by atoms with Crippen molar-refractivity contribution in [3.8, 4) is 0 Å². The van der Waals surface area contributed by atoms with E-state index < -0.39 is 0 Å². The van der Waals surface area contributed by atoms with Gasteiger partial charge in [0.25, 0.3) is 0 Å². The third kappa shape index (κ3) is 2.31. The summed E-state index contributed by atoms with van der Waals surface area (Å²) in [6.45, 7) is 9.05. The molecule has 13 heavy (non-hydrogen) atoms. The van der Waals surface area contributed by atoms with Crippen molar-refractivity contribution in [2.24, 2.45) is 4.99 Å². The number of hydrogen-bond donors (Lipinski definition) is 0. The molecule has 0 spiro atoms. The summed E-state index contributed by atoms with van der Waals surface area (Å²) in [6, 6.07) is 0. The van der Waals surface area contributed by atoms with Crippen LogP contribution in [-0.4, -0.2) is 17.3 Å². The first-order valence-electron chi connectivity index (χ1n) is 4.62. The van der Waals surface area contributed by atoms with Gasteiger partial charge in [0.1, 0.15) is 5.84 Å². The van der Waals surface area contributed by atoms with Gasteiger partial charge in [0.2, 0.25) is 0 Å². The summed E-state index contributed by atoms with van der Waals surface area (Å²) in [5.41, 5.74) is 0.992. The number of aliphatic imine (C=N–C) groups is 1. The molecule has 2 heteroatoms. The Bertz CT molecular complexity index is 272. The number of rotatable bonds is 3. The van der Waals surface area contributed by atoms with Crippen LogP contribution in [0.4, 0.5) is 0 Å². The standard InChI is InChI=1S/C11H16N2/c1-4-7-12-11-10(3)6-9-13(11)8-5-2/h4,6-7,9H,3,5,8H2,1-2H3/b7-4-,12-11?. The third-order valence-corrected chi connectivity index (χ3v) is 1.83. The number of hydrogen-bond acceptors (Lipinski definition) is 1.